The fourth-order valence-corrected chi connectivity index (χ4v) is 1.22. The summed E-state index contributed by atoms with van der Waals surface area (Å²) in [6, 6.07) is 5.31. The number of carbonyl (C=O) groups excluding carboxylic acids is 1. The van der Waals surface area contributed by atoms with Crippen LogP contribution >= 0.6 is 0 Å². The standard InChI is InChI=1S/C11H16N2O3/c1-15-8-3-4-9(12)10(7-8)13-6-5-11(14)16-2/h3-4,7,13H,5-6,12H2,1-2H3. The second kappa shape index (κ2) is 5.85. The molecule has 0 fully saturated rings. The highest BCUT2D eigenvalue weighted by atomic mass is 16.5. The van der Waals surface area contributed by atoms with E-state index in [1.807, 2.05) is 0 Å². The van der Waals surface area contributed by atoms with Gasteiger partial charge in [-0.15, -0.1) is 0 Å². The van der Waals surface area contributed by atoms with Crippen LogP contribution in [-0.4, -0.2) is 26.7 Å². The fraction of sp³-hybridized carbons (Fsp3) is 0.364. The zero-order valence-corrected chi connectivity index (χ0v) is 9.45. The number of ether oxygens (including phenoxy) is 2. The highest BCUT2D eigenvalue weighted by Gasteiger charge is 2.03. The van der Waals surface area contributed by atoms with Gasteiger partial charge in [0.15, 0.2) is 0 Å². The van der Waals surface area contributed by atoms with Gasteiger partial charge in [0.05, 0.1) is 32.0 Å². The van der Waals surface area contributed by atoms with E-state index < -0.39 is 0 Å². The maximum Gasteiger partial charge on any atom is 0.307 e. The Hall–Kier alpha value is -1.91. The minimum absolute atomic E-state index is 0.256. The van der Waals surface area contributed by atoms with Crippen molar-refractivity contribution in [3.63, 3.8) is 0 Å². The van der Waals surface area contributed by atoms with Gasteiger partial charge < -0.3 is 20.5 Å². The number of carbonyl (C=O) groups is 1. The van der Waals surface area contributed by atoms with Crippen LogP contribution < -0.4 is 15.8 Å². The maximum atomic E-state index is 10.9. The molecule has 0 amide bonds. The molecule has 16 heavy (non-hydrogen) atoms. The van der Waals surface area contributed by atoms with E-state index in [4.69, 9.17) is 10.5 Å². The second-order valence-corrected chi connectivity index (χ2v) is 3.21. The lowest BCUT2D eigenvalue weighted by Crippen LogP contribution is -2.10. The van der Waals surface area contributed by atoms with Crippen LogP contribution in [0.1, 0.15) is 6.42 Å². The van der Waals surface area contributed by atoms with Gasteiger partial charge in [-0.05, 0) is 12.1 Å². The quantitative estimate of drug-likeness (QED) is 0.581. The van der Waals surface area contributed by atoms with Gasteiger partial charge in [-0.3, -0.25) is 4.79 Å². The monoisotopic (exact) mass is 224 g/mol. The highest BCUT2D eigenvalue weighted by molar-refractivity contribution is 5.71. The molecule has 0 bridgehead atoms. The zero-order valence-electron chi connectivity index (χ0n) is 9.45. The van der Waals surface area contributed by atoms with E-state index in [1.165, 1.54) is 7.11 Å². The molecule has 0 saturated carbocycles. The number of anilines is 2. The molecule has 0 aromatic heterocycles. The summed E-state index contributed by atoms with van der Waals surface area (Å²) in [6.45, 7) is 0.476. The third kappa shape index (κ3) is 3.34. The summed E-state index contributed by atoms with van der Waals surface area (Å²) in [5.74, 6) is 0.462. The summed E-state index contributed by atoms with van der Waals surface area (Å²) >= 11 is 0. The SMILES string of the molecule is COC(=O)CCNc1cc(OC)ccc1N. The summed E-state index contributed by atoms with van der Waals surface area (Å²) < 4.78 is 9.60. The van der Waals surface area contributed by atoms with E-state index in [2.05, 4.69) is 10.1 Å². The van der Waals surface area contributed by atoms with E-state index in [0.29, 0.717) is 18.7 Å². The first-order valence-electron chi connectivity index (χ1n) is 4.91. The van der Waals surface area contributed by atoms with Crippen LogP contribution in [0, 0.1) is 0 Å². The lowest BCUT2D eigenvalue weighted by Gasteiger charge is -2.10. The molecule has 5 nitrogen and oxygen atoms in total. The predicted molar refractivity (Wildman–Crippen MR) is 62.5 cm³/mol. The average molecular weight is 224 g/mol. The Morgan fingerprint density at radius 1 is 1.44 bits per heavy atom. The lowest BCUT2D eigenvalue weighted by molar-refractivity contribution is -0.140. The molecular weight excluding hydrogens is 208 g/mol. The number of esters is 1. The normalized spacial score (nSPS) is 9.62. The predicted octanol–water partition coefficient (Wildman–Crippen LogP) is 1.25. The Bertz CT molecular complexity index is 366. The third-order valence-electron chi connectivity index (χ3n) is 2.13. The third-order valence-corrected chi connectivity index (χ3v) is 2.13. The molecule has 0 atom stereocenters. The van der Waals surface area contributed by atoms with Gasteiger partial charge in [0.25, 0.3) is 0 Å². The molecule has 0 aliphatic carbocycles. The van der Waals surface area contributed by atoms with Crippen molar-refractivity contribution in [3.8, 4) is 5.75 Å². The first-order chi connectivity index (χ1) is 7.67. The highest BCUT2D eigenvalue weighted by Crippen LogP contribution is 2.24. The molecule has 5 heteroatoms. The van der Waals surface area contributed by atoms with Crippen molar-refractivity contribution in [2.45, 2.75) is 6.42 Å². The largest absolute Gasteiger partial charge is 0.497 e. The fourth-order valence-electron chi connectivity index (χ4n) is 1.22. The number of methoxy groups -OCH3 is 2. The molecule has 0 aliphatic heterocycles. The molecule has 0 spiro atoms. The van der Waals surface area contributed by atoms with Gasteiger partial charge in [-0.25, -0.2) is 0 Å². The van der Waals surface area contributed by atoms with Crippen molar-refractivity contribution < 1.29 is 14.3 Å². The van der Waals surface area contributed by atoms with E-state index in [9.17, 15) is 4.79 Å². The molecular formula is C11H16N2O3. The minimum Gasteiger partial charge on any atom is -0.497 e. The van der Waals surface area contributed by atoms with Crippen LogP contribution in [0.25, 0.3) is 0 Å². The zero-order chi connectivity index (χ0) is 12.0. The topological polar surface area (TPSA) is 73.6 Å². The molecule has 0 saturated heterocycles. The summed E-state index contributed by atoms with van der Waals surface area (Å²) in [4.78, 5) is 10.9. The van der Waals surface area contributed by atoms with Crippen LogP contribution in [0.3, 0.4) is 0 Å². The van der Waals surface area contributed by atoms with E-state index in [0.717, 1.165) is 11.4 Å². The molecule has 0 heterocycles. The van der Waals surface area contributed by atoms with Gasteiger partial charge in [-0.2, -0.15) is 0 Å². The summed E-state index contributed by atoms with van der Waals surface area (Å²) in [5, 5.41) is 3.05. The molecule has 88 valence electrons. The summed E-state index contributed by atoms with van der Waals surface area (Å²) in [7, 11) is 2.95. The molecule has 0 radical (unpaired) electrons. The smallest absolute Gasteiger partial charge is 0.307 e. The van der Waals surface area contributed by atoms with Gasteiger partial charge >= 0.3 is 5.97 Å². The van der Waals surface area contributed by atoms with Crippen molar-refractivity contribution >= 4 is 17.3 Å². The van der Waals surface area contributed by atoms with Crippen molar-refractivity contribution in [2.75, 3.05) is 31.8 Å². The van der Waals surface area contributed by atoms with Crippen LogP contribution in [-0.2, 0) is 9.53 Å². The van der Waals surface area contributed by atoms with Crippen molar-refractivity contribution in [3.05, 3.63) is 18.2 Å². The molecule has 3 N–H and O–H groups in total. The molecule has 1 aromatic carbocycles. The molecule has 1 rings (SSSR count). The van der Waals surface area contributed by atoms with Crippen molar-refractivity contribution in [1.29, 1.82) is 0 Å². The number of rotatable bonds is 5. The summed E-state index contributed by atoms with van der Waals surface area (Å²) in [6.07, 6.45) is 0.299. The van der Waals surface area contributed by atoms with E-state index in [1.54, 1.807) is 25.3 Å². The number of benzene rings is 1. The maximum absolute atomic E-state index is 10.9. The number of hydrogen-bond acceptors (Lipinski definition) is 5. The summed E-state index contributed by atoms with van der Waals surface area (Å²) in [5.41, 5.74) is 7.13. The molecule has 0 unspecified atom stereocenters. The van der Waals surface area contributed by atoms with Gasteiger partial charge in [0.1, 0.15) is 5.75 Å². The van der Waals surface area contributed by atoms with Crippen molar-refractivity contribution in [1.82, 2.24) is 0 Å². The van der Waals surface area contributed by atoms with E-state index >= 15 is 0 Å². The van der Waals surface area contributed by atoms with Crippen LogP contribution in [0.4, 0.5) is 11.4 Å². The first kappa shape index (κ1) is 12.2. The Labute approximate surface area is 94.5 Å². The Kier molecular flexibility index (Phi) is 4.44. The van der Waals surface area contributed by atoms with Crippen LogP contribution in [0.15, 0.2) is 18.2 Å². The van der Waals surface area contributed by atoms with Crippen LogP contribution in [0.2, 0.25) is 0 Å². The molecule has 1 aromatic rings. The number of nitrogens with one attached hydrogen (secondary N) is 1. The van der Waals surface area contributed by atoms with Crippen molar-refractivity contribution in [2.24, 2.45) is 0 Å². The second-order valence-electron chi connectivity index (χ2n) is 3.21. The van der Waals surface area contributed by atoms with Crippen LogP contribution in [0.5, 0.6) is 5.75 Å². The molecule has 0 aliphatic rings. The average Bonchev–Trinajstić information content (AvgIpc) is 2.31. The van der Waals surface area contributed by atoms with Gasteiger partial charge in [0, 0.05) is 12.6 Å². The lowest BCUT2D eigenvalue weighted by atomic mass is 10.2. The minimum atomic E-state index is -0.256. The number of hydrogen-bond donors (Lipinski definition) is 2. The number of nitrogens with two attached hydrogens (primary N) is 1. The Morgan fingerprint density at radius 3 is 2.81 bits per heavy atom. The first-order valence-corrected chi connectivity index (χ1v) is 4.91. The Balaban J connectivity index is 2.55. The van der Waals surface area contributed by atoms with Gasteiger partial charge in [-0.1, -0.05) is 0 Å². The van der Waals surface area contributed by atoms with E-state index in [-0.39, 0.29) is 5.97 Å². The number of nitrogen functional groups attached to an aromatic ring is 1. The van der Waals surface area contributed by atoms with Gasteiger partial charge in [0.2, 0.25) is 0 Å². The Morgan fingerprint density at radius 2 is 2.19 bits per heavy atom.